The van der Waals surface area contributed by atoms with Gasteiger partial charge in [-0.3, -0.25) is 0 Å². The minimum Gasteiger partial charge on any atom is -0.495 e. The van der Waals surface area contributed by atoms with Gasteiger partial charge in [0.05, 0.1) is 51.2 Å². The Morgan fingerprint density at radius 3 is 1.19 bits per heavy atom. The number of aryl methyl sites for hydroxylation is 10. The Labute approximate surface area is 449 Å². The van der Waals surface area contributed by atoms with Gasteiger partial charge < -0.3 is 64.8 Å². The topological polar surface area (TPSA) is 245 Å². The SMILES string of the molecule is COc1c(C)cccc1N.COc1cc(C)ccc1N.COc1ccc(C)cc1N.COc1cccc(C)c1N.Cc1cc(C)cc(N)c1.Cc1ccc(N)cc1.Cc1ccc(N)cc1C.Cc1cccc(N)c1C. The van der Waals surface area contributed by atoms with Crippen LogP contribution in [0.3, 0.4) is 0 Å². The fourth-order valence-corrected chi connectivity index (χ4v) is 6.57. The number of rotatable bonds is 4. The van der Waals surface area contributed by atoms with Crippen LogP contribution in [0.2, 0.25) is 0 Å². The fourth-order valence-electron chi connectivity index (χ4n) is 6.57. The summed E-state index contributed by atoms with van der Waals surface area (Å²) < 4.78 is 20.0. The molecule has 0 bridgehead atoms. The van der Waals surface area contributed by atoms with E-state index >= 15 is 0 Å². The first kappa shape index (κ1) is 64.4. The summed E-state index contributed by atoms with van der Waals surface area (Å²) in [5.41, 5.74) is 64.0. The summed E-state index contributed by atoms with van der Waals surface area (Å²) in [6.45, 7) is 22.3. The van der Waals surface area contributed by atoms with Crippen molar-refractivity contribution in [3.05, 3.63) is 213 Å². The highest BCUT2D eigenvalue weighted by Gasteiger charge is 2.01. The van der Waals surface area contributed by atoms with Crippen LogP contribution in [-0.4, -0.2) is 28.4 Å². The van der Waals surface area contributed by atoms with E-state index in [1.165, 1.54) is 38.9 Å². The van der Waals surface area contributed by atoms with Gasteiger partial charge in [0.25, 0.3) is 0 Å². The minimum absolute atomic E-state index is 0.688. The molecule has 0 radical (unpaired) electrons. The third kappa shape index (κ3) is 25.0. The number of para-hydroxylation sites is 2. The molecular weight excluding hydrogens is 933 g/mol. The number of hydrogen-bond acceptors (Lipinski definition) is 12. The zero-order chi connectivity index (χ0) is 56.8. The van der Waals surface area contributed by atoms with Crippen molar-refractivity contribution < 1.29 is 18.9 Å². The van der Waals surface area contributed by atoms with Crippen molar-refractivity contribution in [2.45, 2.75) is 76.2 Å². The predicted octanol–water partition coefficient (Wildman–Crippen LogP) is 13.6. The third-order valence-corrected chi connectivity index (χ3v) is 11.2. The average Bonchev–Trinajstić information content (AvgIpc) is 3.35. The summed E-state index contributed by atoms with van der Waals surface area (Å²) in [5, 5.41) is 0. The highest BCUT2D eigenvalue weighted by atomic mass is 16.5. The molecule has 16 N–H and O–H groups in total. The summed E-state index contributed by atoms with van der Waals surface area (Å²) >= 11 is 0. The molecule has 8 aromatic carbocycles. The molecule has 0 fully saturated rings. The van der Waals surface area contributed by atoms with E-state index in [-0.39, 0.29) is 0 Å². The number of benzene rings is 8. The van der Waals surface area contributed by atoms with Crippen molar-refractivity contribution in [2.75, 3.05) is 74.3 Å². The molecule has 0 aromatic heterocycles. The highest BCUT2D eigenvalue weighted by molar-refractivity contribution is 5.58. The highest BCUT2D eigenvalue weighted by Crippen LogP contribution is 2.25. The lowest BCUT2D eigenvalue weighted by Gasteiger charge is -2.05. The van der Waals surface area contributed by atoms with Gasteiger partial charge in [-0.15, -0.1) is 0 Å². The average molecular weight is 1020 g/mol. The molecule has 12 heteroatoms. The summed E-state index contributed by atoms with van der Waals surface area (Å²) in [7, 11) is 6.47. The maximum Gasteiger partial charge on any atom is 0.144 e. The lowest BCUT2D eigenvalue weighted by Crippen LogP contribution is -1.93. The van der Waals surface area contributed by atoms with E-state index < -0.39 is 0 Å². The molecule has 0 spiro atoms. The lowest BCUT2D eigenvalue weighted by molar-refractivity contribution is 0.414. The standard InChI is InChI=1S/4C8H11NO.3C8H11N.C7H9N/c1-6-3-4-8(10-2)7(9)5-6;1-6-3-4-7(9)8(5-6)10-2;1-6-4-3-5-7(10-2)8(6)9;1-6-4-3-5-7(9)8(6)10-2;1-6-3-7(2)5-8(9)4-6;1-6-3-4-8(9)5-7(6)2;1-6-4-3-5-8(9)7(6)2;1-6-2-4-7(8)5-3-6/h4*3-5H,9H2,1-2H3;3*3-5H,9H2,1-2H3;2-5H,8H2,1H3. The molecule has 0 saturated heterocycles. The van der Waals surface area contributed by atoms with Crippen LogP contribution in [0.15, 0.2) is 152 Å². The van der Waals surface area contributed by atoms with E-state index in [9.17, 15) is 0 Å². The summed E-state index contributed by atoms with van der Waals surface area (Å²) in [6, 6.07) is 48.6. The Morgan fingerprint density at radius 2 is 0.760 bits per heavy atom. The molecule has 0 atom stereocenters. The fraction of sp³-hybridized carbons (Fsp3) is 0.238. The molecule has 0 heterocycles. The van der Waals surface area contributed by atoms with Crippen LogP contribution in [0, 0.1) is 76.2 Å². The first-order valence-electron chi connectivity index (χ1n) is 24.3. The molecule has 75 heavy (non-hydrogen) atoms. The van der Waals surface area contributed by atoms with Gasteiger partial charge in [0.1, 0.15) is 23.0 Å². The van der Waals surface area contributed by atoms with Crippen molar-refractivity contribution in [3.63, 3.8) is 0 Å². The van der Waals surface area contributed by atoms with E-state index in [1.54, 1.807) is 28.4 Å². The minimum atomic E-state index is 0.688. The molecule has 0 saturated carbocycles. The van der Waals surface area contributed by atoms with Crippen molar-refractivity contribution in [3.8, 4) is 23.0 Å². The second-order valence-corrected chi connectivity index (χ2v) is 17.8. The molecule has 0 amide bonds. The number of anilines is 8. The maximum atomic E-state index is 5.67. The Hall–Kier alpha value is -8.64. The van der Waals surface area contributed by atoms with E-state index in [2.05, 4.69) is 32.9 Å². The normalized spacial score (nSPS) is 9.43. The van der Waals surface area contributed by atoms with Gasteiger partial charge in [-0.25, -0.2) is 0 Å². The largest absolute Gasteiger partial charge is 0.495 e. The van der Waals surface area contributed by atoms with Crippen LogP contribution in [0.5, 0.6) is 23.0 Å². The van der Waals surface area contributed by atoms with Crippen molar-refractivity contribution in [1.82, 2.24) is 0 Å². The Bertz CT molecular complexity index is 2830. The summed E-state index contributed by atoms with van der Waals surface area (Å²) in [5.74, 6) is 3.02. The van der Waals surface area contributed by atoms with E-state index in [0.717, 1.165) is 73.7 Å². The van der Waals surface area contributed by atoms with Crippen LogP contribution in [0.4, 0.5) is 45.5 Å². The lowest BCUT2D eigenvalue weighted by atomic mass is 10.1. The zero-order valence-corrected chi connectivity index (χ0v) is 47.2. The van der Waals surface area contributed by atoms with Crippen molar-refractivity contribution in [1.29, 1.82) is 0 Å². The Morgan fingerprint density at radius 1 is 0.267 bits per heavy atom. The van der Waals surface area contributed by atoms with Gasteiger partial charge >= 0.3 is 0 Å². The smallest absolute Gasteiger partial charge is 0.144 e. The second kappa shape index (κ2) is 33.9. The van der Waals surface area contributed by atoms with Crippen LogP contribution < -0.4 is 64.8 Å². The summed E-state index contributed by atoms with van der Waals surface area (Å²) in [4.78, 5) is 0. The molecule has 0 aliphatic heterocycles. The first-order chi connectivity index (χ1) is 35.4. The van der Waals surface area contributed by atoms with Gasteiger partial charge in [-0.05, 0) is 211 Å². The monoisotopic (exact) mass is 1020 g/mol. The van der Waals surface area contributed by atoms with Gasteiger partial charge in [0.2, 0.25) is 0 Å². The van der Waals surface area contributed by atoms with Crippen LogP contribution >= 0.6 is 0 Å². The zero-order valence-electron chi connectivity index (χ0n) is 47.2. The van der Waals surface area contributed by atoms with Crippen molar-refractivity contribution >= 4 is 45.5 Å². The molecular formula is C63H86N8O4. The van der Waals surface area contributed by atoms with Crippen LogP contribution in [0.25, 0.3) is 0 Å². The number of nitrogen functional groups attached to an aromatic ring is 8. The van der Waals surface area contributed by atoms with E-state index in [1.807, 2.05) is 195 Å². The quantitative estimate of drug-likeness (QED) is 0.0768. The Balaban J connectivity index is 0.000000429. The maximum absolute atomic E-state index is 5.67. The first-order valence-corrected chi connectivity index (χ1v) is 24.3. The van der Waals surface area contributed by atoms with E-state index in [4.69, 9.17) is 64.8 Å². The predicted molar refractivity (Wildman–Crippen MR) is 325 cm³/mol. The molecule has 8 aromatic rings. The molecule has 0 unspecified atom stereocenters. The van der Waals surface area contributed by atoms with Gasteiger partial charge in [-0.1, -0.05) is 78.4 Å². The number of ether oxygens (including phenoxy) is 4. The van der Waals surface area contributed by atoms with Crippen LogP contribution in [-0.2, 0) is 0 Å². The van der Waals surface area contributed by atoms with Crippen LogP contribution in [0.1, 0.15) is 61.2 Å². The summed E-state index contributed by atoms with van der Waals surface area (Å²) in [6.07, 6.45) is 0. The molecule has 402 valence electrons. The number of hydrogen-bond donors (Lipinski definition) is 8. The molecule has 8 rings (SSSR count). The third-order valence-electron chi connectivity index (χ3n) is 11.2. The van der Waals surface area contributed by atoms with E-state index in [0.29, 0.717) is 17.1 Å². The van der Waals surface area contributed by atoms with Gasteiger partial charge in [0, 0.05) is 22.7 Å². The second-order valence-electron chi connectivity index (χ2n) is 17.8. The molecule has 12 nitrogen and oxygen atoms in total. The van der Waals surface area contributed by atoms with Gasteiger partial charge in [0.15, 0.2) is 0 Å². The van der Waals surface area contributed by atoms with Crippen molar-refractivity contribution in [2.24, 2.45) is 0 Å². The number of nitrogens with two attached hydrogens (primary N) is 8. The number of methoxy groups -OCH3 is 4. The van der Waals surface area contributed by atoms with Gasteiger partial charge in [-0.2, -0.15) is 0 Å². The molecule has 0 aliphatic carbocycles. The Kier molecular flexibility index (Phi) is 29.1. The molecule has 0 aliphatic rings.